The molecular formula is C25H30N2O3S. The number of nitrogens with one attached hydrogen (secondary N) is 1. The Hall–Kier alpha value is -2.44. The van der Waals surface area contributed by atoms with Crippen LogP contribution in [0, 0.1) is 5.92 Å². The number of amides is 1. The second-order valence-electron chi connectivity index (χ2n) is 8.65. The molecule has 1 aliphatic carbocycles. The van der Waals surface area contributed by atoms with Crippen LogP contribution in [0.1, 0.15) is 43.2 Å². The van der Waals surface area contributed by atoms with Crippen molar-refractivity contribution in [3.63, 3.8) is 0 Å². The summed E-state index contributed by atoms with van der Waals surface area (Å²) < 4.78 is 26.7. The molecule has 4 rings (SSSR count). The number of sulfonamides is 1. The third-order valence-corrected chi connectivity index (χ3v) is 8.28. The average molecular weight is 439 g/mol. The molecule has 0 aromatic heterocycles. The molecule has 164 valence electrons. The van der Waals surface area contributed by atoms with Crippen molar-refractivity contribution in [1.29, 1.82) is 0 Å². The van der Waals surface area contributed by atoms with Gasteiger partial charge >= 0.3 is 0 Å². The summed E-state index contributed by atoms with van der Waals surface area (Å²) in [6, 6.07) is 19.8. The van der Waals surface area contributed by atoms with E-state index in [0.29, 0.717) is 32.5 Å². The van der Waals surface area contributed by atoms with Gasteiger partial charge < -0.3 is 5.32 Å². The third-order valence-electron chi connectivity index (χ3n) is 6.71. The predicted octanol–water partition coefficient (Wildman–Crippen LogP) is 3.94. The molecule has 5 nitrogen and oxygen atoms in total. The van der Waals surface area contributed by atoms with Gasteiger partial charge in [-0.3, -0.25) is 4.79 Å². The van der Waals surface area contributed by atoms with Crippen molar-refractivity contribution in [3.8, 4) is 0 Å². The Labute approximate surface area is 185 Å². The quantitative estimate of drug-likeness (QED) is 0.712. The lowest BCUT2D eigenvalue weighted by atomic mass is 9.64. The number of rotatable bonds is 7. The molecule has 1 N–H and O–H groups in total. The van der Waals surface area contributed by atoms with E-state index in [-0.39, 0.29) is 17.2 Å². The topological polar surface area (TPSA) is 66.5 Å². The lowest BCUT2D eigenvalue weighted by Crippen LogP contribution is -2.48. The van der Waals surface area contributed by atoms with Gasteiger partial charge in [0.1, 0.15) is 0 Å². The molecule has 0 unspecified atom stereocenters. The summed E-state index contributed by atoms with van der Waals surface area (Å²) in [5, 5.41) is 4.44. The maximum absolute atomic E-state index is 12.8. The zero-order valence-corrected chi connectivity index (χ0v) is 18.6. The van der Waals surface area contributed by atoms with Crippen LogP contribution in [-0.2, 0) is 20.2 Å². The van der Waals surface area contributed by atoms with Gasteiger partial charge in [0.25, 0.3) is 0 Å². The minimum Gasteiger partial charge on any atom is -0.355 e. The van der Waals surface area contributed by atoms with E-state index < -0.39 is 10.0 Å². The summed E-state index contributed by atoms with van der Waals surface area (Å²) in [5.41, 5.74) is 2.21. The van der Waals surface area contributed by atoms with E-state index in [0.717, 1.165) is 18.4 Å². The maximum atomic E-state index is 12.8. The highest BCUT2D eigenvalue weighted by atomic mass is 32.2. The van der Waals surface area contributed by atoms with E-state index in [1.54, 1.807) is 6.08 Å². The van der Waals surface area contributed by atoms with Gasteiger partial charge in [-0.15, -0.1) is 0 Å². The Kier molecular flexibility index (Phi) is 6.58. The SMILES string of the molecule is O=C(NCC1(c2ccccc2)CCC1)C1CCN(S(=O)(=O)C=Cc2ccccc2)CC1. The molecule has 1 saturated carbocycles. The van der Waals surface area contributed by atoms with Crippen molar-refractivity contribution in [3.05, 3.63) is 77.2 Å². The Balaban J connectivity index is 1.29. The fraction of sp³-hybridized carbons (Fsp3) is 0.400. The van der Waals surface area contributed by atoms with Gasteiger partial charge in [-0.25, -0.2) is 8.42 Å². The molecule has 2 aromatic rings. The smallest absolute Gasteiger partial charge is 0.236 e. The summed E-state index contributed by atoms with van der Waals surface area (Å²) in [5.74, 6) is -0.0727. The number of carbonyl (C=O) groups is 1. The first-order chi connectivity index (χ1) is 15.0. The molecule has 1 heterocycles. The van der Waals surface area contributed by atoms with Crippen molar-refractivity contribution < 1.29 is 13.2 Å². The number of carbonyl (C=O) groups excluding carboxylic acids is 1. The van der Waals surface area contributed by atoms with E-state index in [1.165, 1.54) is 21.7 Å². The van der Waals surface area contributed by atoms with Crippen molar-refractivity contribution in [2.24, 2.45) is 5.92 Å². The van der Waals surface area contributed by atoms with Gasteiger partial charge in [0, 0.05) is 36.4 Å². The second-order valence-corrected chi connectivity index (χ2v) is 10.5. The van der Waals surface area contributed by atoms with Crippen molar-refractivity contribution >= 4 is 22.0 Å². The van der Waals surface area contributed by atoms with E-state index in [9.17, 15) is 13.2 Å². The van der Waals surface area contributed by atoms with Gasteiger partial charge in [0.2, 0.25) is 15.9 Å². The fourth-order valence-corrected chi connectivity index (χ4v) is 5.77. The number of piperidine rings is 1. The van der Waals surface area contributed by atoms with Crippen LogP contribution in [0.2, 0.25) is 0 Å². The number of benzene rings is 2. The summed E-state index contributed by atoms with van der Waals surface area (Å²) >= 11 is 0. The van der Waals surface area contributed by atoms with Crippen LogP contribution >= 0.6 is 0 Å². The Morgan fingerprint density at radius 3 is 2.19 bits per heavy atom. The molecule has 1 saturated heterocycles. The van der Waals surface area contributed by atoms with Crippen LogP contribution in [0.25, 0.3) is 6.08 Å². The first-order valence-electron chi connectivity index (χ1n) is 11.1. The molecule has 6 heteroatoms. The third kappa shape index (κ3) is 5.08. The van der Waals surface area contributed by atoms with Crippen LogP contribution < -0.4 is 5.32 Å². The lowest BCUT2D eigenvalue weighted by Gasteiger charge is -2.43. The maximum Gasteiger partial charge on any atom is 0.236 e. The molecule has 0 bridgehead atoms. The van der Waals surface area contributed by atoms with Crippen LogP contribution in [0.4, 0.5) is 0 Å². The summed E-state index contributed by atoms with van der Waals surface area (Å²) in [4.78, 5) is 12.8. The molecule has 2 fully saturated rings. The number of nitrogens with zero attached hydrogens (tertiary/aromatic N) is 1. The van der Waals surface area contributed by atoms with Crippen LogP contribution in [0.15, 0.2) is 66.1 Å². The minimum absolute atomic E-state index is 0.0547. The highest BCUT2D eigenvalue weighted by Gasteiger charge is 2.39. The minimum atomic E-state index is -3.48. The van der Waals surface area contributed by atoms with Crippen molar-refractivity contribution in [2.45, 2.75) is 37.5 Å². The van der Waals surface area contributed by atoms with E-state index in [1.807, 2.05) is 36.4 Å². The highest BCUT2D eigenvalue weighted by Crippen LogP contribution is 2.43. The summed E-state index contributed by atoms with van der Waals surface area (Å²) in [6.45, 7) is 1.42. The highest BCUT2D eigenvalue weighted by molar-refractivity contribution is 7.92. The van der Waals surface area contributed by atoms with Crippen LogP contribution in [-0.4, -0.2) is 38.3 Å². The molecule has 2 aliphatic rings. The van der Waals surface area contributed by atoms with E-state index in [4.69, 9.17) is 0 Å². The van der Waals surface area contributed by atoms with Crippen LogP contribution in [0.3, 0.4) is 0 Å². The number of hydrogen-bond donors (Lipinski definition) is 1. The average Bonchev–Trinajstić information content (AvgIpc) is 2.78. The normalized spacial score (nSPS) is 19.7. The van der Waals surface area contributed by atoms with Gasteiger partial charge in [0.15, 0.2) is 0 Å². The molecule has 1 aliphatic heterocycles. The molecule has 2 aromatic carbocycles. The number of hydrogen-bond acceptors (Lipinski definition) is 3. The first-order valence-corrected chi connectivity index (χ1v) is 12.6. The van der Waals surface area contributed by atoms with Crippen molar-refractivity contribution in [2.75, 3.05) is 19.6 Å². The molecule has 31 heavy (non-hydrogen) atoms. The Bertz CT molecular complexity index is 1010. The Morgan fingerprint density at radius 2 is 1.61 bits per heavy atom. The predicted molar refractivity (Wildman–Crippen MR) is 124 cm³/mol. The van der Waals surface area contributed by atoms with Gasteiger partial charge in [0.05, 0.1) is 0 Å². The monoisotopic (exact) mass is 438 g/mol. The van der Waals surface area contributed by atoms with Gasteiger partial charge in [-0.1, -0.05) is 67.1 Å². The summed E-state index contributed by atoms with van der Waals surface area (Å²) in [7, 11) is -3.48. The molecule has 0 atom stereocenters. The zero-order chi connectivity index (χ0) is 21.7. The summed E-state index contributed by atoms with van der Waals surface area (Å²) in [6.07, 6.45) is 6.13. The molecule has 1 amide bonds. The standard InChI is InChI=1S/C25H30N2O3S/c28-24(26-20-25(15-7-16-25)23-10-5-2-6-11-23)22-12-17-27(18-13-22)31(29,30)19-14-21-8-3-1-4-9-21/h1-6,8-11,14,19,22H,7,12-13,15-18,20H2,(H,26,28). The largest absolute Gasteiger partial charge is 0.355 e. The fourth-order valence-electron chi connectivity index (χ4n) is 4.55. The first kappa shape index (κ1) is 21.8. The van der Waals surface area contributed by atoms with Crippen LogP contribution in [0.5, 0.6) is 0 Å². The van der Waals surface area contributed by atoms with E-state index >= 15 is 0 Å². The second kappa shape index (κ2) is 9.37. The van der Waals surface area contributed by atoms with E-state index in [2.05, 4.69) is 29.6 Å². The zero-order valence-electron chi connectivity index (χ0n) is 17.7. The van der Waals surface area contributed by atoms with Crippen molar-refractivity contribution in [1.82, 2.24) is 9.62 Å². The molecule has 0 spiro atoms. The molecule has 0 radical (unpaired) electrons. The molecular weight excluding hydrogens is 408 g/mol. The lowest BCUT2D eigenvalue weighted by molar-refractivity contribution is -0.126. The Morgan fingerprint density at radius 1 is 1.00 bits per heavy atom. The van der Waals surface area contributed by atoms with Gasteiger partial charge in [-0.05, 0) is 42.9 Å². The van der Waals surface area contributed by atoms with Gasteiger partial charge in [-0.2, -0.15) is 4.31 Å².